The first-order chi connectivity index (χ1) is 12.9. The quantitative estimate of drug-likeness (QED) is 0.566. The van der Waals surface area contributed by atoms with Crippen molar-refractivity contribution < 1.29 is 0 Å². The lowest BCUT2D eigenvalue weighted by atomic mass is 9.85. The Morgan fingerprint density at radius 1 is 0.885 bits per heavy atom. The smallest absolute Gasteiger partial charge is 0.0949 e. The van der Waals surface area contributed by atoms with Gasteiger partial charge in [0.05, 0.1) is 16.4 Å². The van der Waals surface area contributed by atoms with Gasteiger partial charge in [0.25, 0.3) is 0 Å². The van der Waals surface area contributed by atoms with Crippen molar-refractivity contribution in [2.45, 2.75) is 5.92 Å². The molecule has 122 valence electrons. The fraction of sp³-hybridized carbons (Fsp3) is 0.0435. The normalized spacial score (nSPS) is 17.9. The maximum atomic E-state index is 4.76. The topological polar surface area (TPSA) is 41.0 Å². The molecule has 1 aliphatic carbocycles. The molecule has 0 radical (unpaired) electrons. The van der Waals surface area contributed by atoms with Crippen LogP contribution in [-0.2, 0) is 0 Å². The number of nitrogens with one attached hydrogen (secondary N) is 1. The van der Waals surface area contributed by atoms with Crippen LogP contribution in [0.4, 0.5) is 0 Å². The zero-order valence-corrected chi connectivity index (χ0v) is 14.0. The summed E-state index contributed by atoms with van der Waals surface area (Å²) in [6.45, 7) is 0. The summed E-state index contributed by atoms with van der Waals surface area (Å²) in [5, 5.41) is 4.50. The number of aromatic nitrogens is 2. The van der Waals surface area contributed by atoms with Crippen molar-refractivity contribution in [1.29, 1.82) is 0 Å². The summed E-state index contributed by atoms with van der Waals surface area (Å²) in [5.41, 5.74) is 5.86. The lowest BCUT2D eigenvalue weighted by molar-refractivity contribution is 1.06. The Balaban J connectivity index is 1.62. The molecule has 3 nitrogen and oxygen atoms in total. The summed E-state index contributed by atoms with van der Waals surface area (Å²) in [4.78, 5) is 12.9. The second-order valence-corrected chi connectivity index (χ2v) is 6.79. The highest BCUT2D eigenvalue weighted by Crippen LogP contribution is 2.37. The zero-order valence-electron chi connectivity index (χ0n) is 14.0. The Labute approximate surface area is 149 Å². The van der Waals surface area contributed by atoms with Gasteiger partial charge in [0.15, 0.2) is 0 Å². The summed E-state index contributed by atoms with van der Waals surface area (Å²) < 4.78 is 0. The number of H-pyrrole nitrogens is 1. The van der Waals surface area contributed by atoms with E-state index in [1.165, 1.54) is 32.9 Å². The molecule has 1 N–H and O–H groups in total. The Kier molecular flexibility index (Phi) is 2.66. The van der Waals surface area contributed by atoms with Crippen LogP contribution in [-0.4, -0.2) is 9.97 Å². The highest BCUT2D eigenvalue weighted by atomic mass is 14.8. The van der Waals surface area contributed by atoms with Crippen LogP contribution in [0.3, 0.4) is 0 Å². The number of fused-ring (bicyclic) bond motifs is 5. The van der Waals surface area contributed by atoms with Crippen molar-refractivity contribution in [1.82, 2.24) is 9.97 Å². The standard InChI is InChI=1S/C23H15N3/c1-2-7-18-16(5-1)17-13-14(10-11-19(17)25-18)15-6-3-8-20-22(15)23-21(26-20)9-4-12-24-23/h1-13,15,25H. The number of nitrogens with zero attached hydrogens (tertiary/aromatic N) is 2. The number of hydrogen-bond donors (Lipinski definition) is 1. The maximum Gasteiger partial charge on any atom is 0.0949 e. The second kappa shape index (κ2) is 5.02. The fourth-order valence-electron chi connectivity index (χ4n) is 4.13. The molecule has 0 saturated carbocycles. The van der Waals surface area contributed by atoms with E-state index >= 15 is 0 Å². The molecule has 0 fully saturated rings. The largest absolute Gasteiger partial charge is 0.355 e. The molecule has 2 aromatic carbocycles. The van der Waals surface area contributed by atoms with Gasteiger partial charge in [0, 0.05) is 39.5 Å². The van der Waals surface area contributed by atoms with Gasteiger partial charge in [-0.05, 0) is 42.0 Å². The SMILES string of the molecule is C1=CC(c2ccc3[nH]c4ccccc4c3c2)C2=c3ncccc3=NC2=C1. The van der Waals surface area contributed by atoms with Gasteiger partial charge >= 0.3 is 0 Å². The van der Waals surface area contributed by atoms with Crippen molar-refractivity contribution in [2.24, 2.45) is 4.99 Å². The first kappa shape index (κ1) is 13.8. The minimum Gasteiger partial charge on any atom is -0.355 e. The molecule has 1 unspecified atom stereocenters. The van der Waals surface area contributed by atoms with Crippen LogP contribution in [0.25, 0.3) is 27.4 Å². The molecule has 3 heterocycles. The van der Waals surface area contributed by atoms with Crippen molar-refractivity contribution in [2.75, 3.05) is 0 Å². The first-order valence-electron chi connectivity index (χ1n) is 8.82. The molecule has 2 aliphatic rings. The molecule has 2 aromatic heterocycles. The van der Waals surface area contributed by atoms with Gasteiger partial charge in [-0.3, -0.25) is 4.98 Å². The molecule has 3 heteroatoms. The molecule has 0 spiro atoms. The third kappa shape index (κ3) is 1.83. The van der Waals surface area contributed by atoms with Crippen molar-refractivity contribution in [3.63, 3.8) is 0 Å². The highest BCUT2D eigenvalue weighted by Gasteiger charge is 2.25. The van der Waals surface area contributed by atoms with Gasteiger partial charge < -0.3 is 4.98 Å². The number of pyridine rings is 1. The molecule has 1 atom stereocenters. The van der Waals surface area contributed by atoms with E-state index in [0.717, 1.165) is 16.4 Å². The fourth-order valence-corrected chi connectivity index (χ4v) is 4.13. The number of rotatable bonds is 1. The van der Waals surface area contributed by atoms with E-state index in [4.69, 9.17) is 4.99 Å². The Bertz CT molecular complexity index is 1390. The lowest BCUT2D eigenvalue weighted by Gasteiger charge is -2.18. The van der Waals surface area contributed by atoms with Crippen LogP contribution < -0.4 is 10.7 Å². The van der Waals surface area contributed by atoms with E-state index in [1.54, 1.807) is 0 Å². The van der Waals surface area contributed by atoms with Crippen LogP contribution in [0, 0.1) is 0 Å². The summed E-state index contributed by atoms with van der Waals surface area (Å²) in [6.07, 6.45) is 8.28. The summed E-state index contributed by atoms with van der Waals surface area (Å²) in [5.74, 6) is 0.174. The molecular formula is C23H15N3. The van der Waals surface area contributed by atoms with Gasteiger partial charge in [-0.1, -0.05) is 36.4 Å². The summed E-state index contributed by atoms with van der Waals surface area (Å²) >= 11 is 0. The van der Waals surface area contributed by atoms with Crippen LogP contribution in [0.2, 0.25) is 0 Å². The average molecular weight is 333 g/mol. The second-order valence-electron chi connectivity index (χ2n) is 6.79. The predicted octanol–water partition coefficient (Wildman–Crippen LogP) is 3.74. The third-order valence-corrected chi connectivity index (χ3v) is 5.32. The van der Waals surface area contributed by atoms with E-state index in [2.05, 4.69) is 70.7 Å². The molecule has 6 rings (SSSR count). The van der Waals surface area contributed by atoms with Crippen molar-refractivity contribution in [3.05, 3.63) is 101 Å². The van der Waals surface area contributed by atoms with Gasteiger partial charge in [-0.25, -0.2) is 4.99 Å². The average Bonchev–Trinajstić information content (AvgIpc) is 3.25. The molecule has 26 heavy (non-hydrogen) atoms. The van der Waals surface area contributed by atoms with Crippen LogP contribution in [0.1, 0.15) is 11.5 Å². The van der Waals surface area contributed by atoms with Crippen LogP contribution in [0.15, 0.2) is 89.7 Å². The minimum atomic E-state index is 0.174. The van der Waals surface area contributed by atoms with Crippen molar-refractivity contribution in [3.8, 4) is 0 Å². The van der Waals surface area contributed by atoms with E-state index in [-0.39, 0.29) is 5.92 Å². The van der Waals surface area contributed by atoms with Gasteiger partial charge in [0.2, 0.25) is 0 Å². The monoisotopic (exact) mass is 333 g/mol. The minimum absolute atomic E-state index is 0.174. The first-order valence-corrected chi connectivity index (χ1v) is 8.82. The zero-order chi connectivity index (χ0) is 17.1. The highest BCUT2D eigenvalue weighted by molar-refractivity contribution is 6.07. The predicted molar refractivity (Wildman–Crippen MR) is 104 cm³/mol. The number of para-hydroxylation sites is 1. The van der Waals surface area contributed by atoms with Gasteiger partial charge in [0.1, 0.15) is 0 Å². The van der Waals surface area contributed by atoms with E-state index in [0.29, 0.717) is 0 Å². The van der Waals surface area contributed by atoms with Gasteiger partial charge in [-0.2, -0.15) is 0 Å². The molecule has 0 amide bonds. The van der Waals surface area contributed by atoms with Crippen molar-refractivity contribution >= 4 is 27.4 Å². The molecule has 0 saturated heterocycles. The molecule has 4 aromatic rings. The number of hydrogen-bond acceptors (Lipinski definition) is 2. The van der Waals surface area contributed by atoms with Crippen LogP contribution in [0.5, 0.6) is 0 Å². The summed E-state index contributed by atoms with van der Waals surface area (Å²) in [6, 6.07) is 19.1. The van der Waals surface area contributed by atoms with E-state index < -0.39 is 0 Å². The molecule has 0 bridgehead atoms. The van der Waals surface area contributed by atoms with E-state index in [9.17, 15) is 0 Å². The Morgan fingerprint density at radius 2 is 1.81 bits per heavy atom. The third-order valence-electron chi connectivity index (χ3n) is 5.32. The number of benzene rings is 2. The summed E-state index contributed by atoms with van der Waals surface area (Å²) in [7, 11) is 0. The Morgan fingerprint density at radius 3 is 2.81 bits per heavy atom. The molecular weight excluding hydrogens is 318 g/mol. The molecule has 1 aliphatic heterocycles. The lowest BCUT2D eigenvalue weighted by Crippen LogP contribution is -2.27. The maximum absolute atomic E-state index is 4.76. The number of allylic oxidation sites excluding steroid dienone is 4. The van der Waals surface area contributed by atoms with Gasteiger partial charge in [-0.15, -0.1) is 0 Å². The van der Waals surface area contributed by atoms with E-state index in [1.807, 2.05) is 18.3 Å². The number of aromatic amines is 1. The van der Waals surface area contributed by atoms with Crippen LogP contribution >= 0.6 is 0 Å². The Hall–Kier alpha value is -3.46.